The van der Waals surface area contributed by atoms with Gasteiger partial charge in [-0.2, -0.15) is 5.10 Å². The van der Waals surface area contributed by atoms with E-state index in [1.807, 2.05) is 54.2 Å². The molecule has 1 atom stereocenters. The van der Waals surface area contributed by atoms with Crippen LogP contribution in [0.1, 0.15) is 42.6 Å². The Morgan fingerprint density at radius 1 is 1.00 bits per heavy atom. The van der Waals surface area contributed by atoms with E-state index in [4.69, 9.17) is 10.5 Å². The number of rotatable bonds is 6. The minimum absolute atomic E-state index is 0.0873. The normalized spacial score (nSPS) is 12.4. The van der Waals surface area contributed by atoms with E-state index in [9.17, 15) is 0 Å². The summed E-state index contributed by atoms with van der Waals surface area (Å²) in [5, 5.41) is 4.62. The lowest BCUT2D eigenvalue weighted by molar-refractivity contribution is 0.481. The zero-order chi connectivity index (χ0) is 17.8. The van der Waals surface area contributed by atoms with Gasteiger partial charge in [-0.05, 0) is 41.8 Å². The van der Waals surface area contributed by atoms with Gasteiger partial charge in [0.25, 0.3) is 0 Å². The summed E-state index contributed by atoms with van der Waals surface area (Å²) in [5.74, 6) is 2.12. The number of aryl methyl sites for hydroxylation is 1. The first-order valence-electron chi connectivity index (χ1n) is 8.65. The van der Waals surface area contributed by atoms with Crippen molar-refractivity contribution in [2.45, 2.75) is 25.7 Å². The Balaban J connectivity index is 1.90. The Morgan fingerprint density at radius 2 is 1.72 bits per heavy atom. The quantitative estimate of drug-likeness (QED) is 0.725. The largest absolute Gasteiger partial charge is 0.457 e. The molecular formula is C21H25N3O. The molecule has 0 amide bonds. The highest BCUT2D eigenvalue weighted by molar-refractivity contribution is 5.38. The zero-order valence-electron chi connectivity index (χ0n) is 15.0. The van der Waals surface area contributed by atoms with E-state index in [0.717, 1.165) is 28.5 Å². The first kappa shape index (κ1) is 17.2. The standard InChI is InChI=1S/C21H25N3O/c1-15(2)20-13-21(24(3)23-20)19(14-22)16-8-7-11-18(12-16)25-17-9-5-4-6-10-17/h4-13,15,19H,14,22H2,1-3H3. The highest BCUT2D eigenvalue weighted by Crippen LogP contribution is 2.30. The van der Waals surface area contributed by atoms with E-state index < -0.39 is 0 Å². The van der Waals surface area contributed by atoms with Crippen LogP contribution in [-0.2, 0) is 7.05 Å². The van der Waals surface area contributed by atoms with Crippen molar-refractivity contribution < 1.29 is 4.74 Å². The molecule has 0 aliphatic heterocycles. The Hall–Kier alpha value is -2.59. The number of nitrogens with zero attached hydrogens (tertiary/aromatic N) is 2. The predicted octanol–water partition coefficient (Wildman–Crippen LogP) is 4.43. The molecule has 2 aromatic carbocycles. The smallest absolute Gasteiger partial charge is 0.127 e. The van der Waals surface area contributed by atoms with E-state index in [2.05, 4.69) is 37.1 Å². The maximum absolute atomic E-state index is 6.11. The molecule has 1 aromatic heterocycles. The molecule has 0 radical (unpaired) electrons. The van der Waals surface area contributed by atoms with Gasteiger partial charge in [-0.25, -0.2) is 0 Å². The van der Waals surface area contributed by atoms with Crippen LogP contribution in [0.2, 0.25) is 0 Å². The summed E-state index contributed by atoms with van der Waals surface area (Å²) in [7, 11) is 1.98. The van der Waals surface area contributed by atoms with Crippen LogP contribution in [0.5, 0.6) is 11.5 Å². The molecule has 3 aromatic rings. The van der Waals surface area contributed by atoms with Crippen LogP contribution < -0.4 is 10.5 Å². The van der Waals surface area contributed by atoms with Crippen LogP contribution in [0.4, 0.5) is 0 Å². The Bertz CT molecular complexity index is 824. The fourth-order valence-corrected chi connectivity index (χ4v) is 2.96. The third-order valence-electron chi connectivity index (χ3n) is 4.36. The van der Waals surface area contributed by atoms with Crippen molar-refractivity contribution in [1.29, 1.82) is 0 Å². The van der Waals surface area contributed by atoms with Crippen molar-refractivity contribution in [2.24, 2.45) is 12.8 Å². The molecule has 0 saturated heterocycles. The van der Waals surface area contributed by atoms with Gasteiger partial charge in [0.15, 0.2) is 0 Å². The fourth-order valence-electron chi connectivity index (χ4n) is 2.96. The number of hydrogen-bond donors (Lipinski definition) is 1. The second kappa shape index (κ2) is 7.53. The summed E-state index contributed by atoms with van der Waals surface area (Å²) < 4.78 is 7.90. The predicted molar refractivity (Wildman–Crippen MR) is 101 cm³/mol. The lowest BCUT2D eigenvalue weighted by atomic mass is 9.94. The fraction of sp³-hybridized carbons (Fsp3) is 0.286. The molecule has 0 fully saturated rings. The number of hydrogen-bond acceptors (Lipinski definition) is 3. The molecule has 1 heterocycles. The molecule has 2 N–H and O–H groups in total. The van der Waals surface area contributed by atoms with Gasteiger partial charge in [-0.3, -0.25) is 4.68 Å². The van der Waals surface area contributed by atoms with E-state index in [-0.39, 0.29) is 5.92 Å². The third kappa shape index (κ3) is 3.91. The van der Waals surface area contributed by atoms with Crippen LogP contribution in [0, 0.1) is 0 Å². The van der Waals surface area contributed by atoms with Crippen molar-refractivity contribution in [3.63, 3.8) is 0 Å². The lowest BCUT2D eigenvalue weighted by Crippen LogP contribution is -2.17. The Labute approximate surface area is 149 Å². The zero-order valence-corrected chi connectivity index (χ0v) is 15.0. The van der Waals surface area contributed by atoms with Crippen molar-refractivity contribution >= 4 is 0 Å². The van der Waals surface area contributed by atoms with Gasteiger partial charge in [-0.1, -0.05) is 44.2 Å². The molecule has 0 saturated carbocycles. The van der Waals surface area contributed by atoms with Crippen LogP contribution in [0.25, 0.3) is 0 Å². The van der Waals surface area contributed by atoms with Gasteiger partial charge in [0, 0.05) is 25.2 Å². The molecule has 0 aliphatic carbocycles. The van der Waals surface area contributed by atoms with Gasteiger partial charge in [0.05, 0.1) is 5.69 Å². The van der Waals surface area contributed by atoms with Gasteiger partial charge >= 0.3 is 0 Å². The van der Waals surface area contributed by atoms with Gasteiger partial charge < -0.3 is 10.5 Å². The first-order chi connectivity index (χ1) is 12.1. The highest BCUT2D eigenvalue weighted by Gasteiger charge is 2.19. The molecule has 0 spiro atoms. The Morgan fingerprint density at radius 3 is 2.36 bits per heavy atom. The summed E-state index contributed by atoms with van der Waals surface area (Å²) in [6.45, 7) is 4.82. The number of ether oxygens (including phenoxy) is 1. The minimum atomic E-state index is 0.0873. The second-order valence-corrected chi connectivity index (χ2v) is 6.55. The molecule has 0 aliphatic rings. The number of benzene rings is 2. The van der Waals surface area contributed by atoms with Gasteiger partial charge in [0.1, 0.15) is 11.5 Å². The average molecular weight is 335 g/mol. The summed E-state index contributed by atoms with van der Waals surface area (Å²) in [6, 6.07) is 20.1. The minimum Gasteiger partial charge on any atom is -0.457 e. The topological polar surface area (TPSA) is 53.1 Å². The summed E-state index contributed by atoms with van der Waals surface area (Å²) in [5.41, 5.74) is 9.46. The maximum atomic E-state index is 6.11. The summed E-state index contributed by atoms with van der Waals surface area (Å²) in [6.07, 6.45) is 0. The van der Waals surface area contributed by atoms with Crippen molar-refractivity contribution in [3.8, 4) is 11.5 Å². The van der Waals surface area contributed by atoms with Crippen LogP contribution in [0.3, 0.4) is 0 Å². The summed E-state index contributed by atoms with van der Waals surface area (Å²) in [4.78, 5) is 0. The monoisotopic (exact) mass is 335 g/mol. The van der Waals surface area contributed by atoms with Crippen molar-refractivity contribution in [3.05, 3.63) is 77.6 Å². The SMILES string of the molecule is CC(C)c1cc(C(CN)c2cccc(Oc3ccccc3)c2)n(C)n1. The number of aromatic nitrogens is 2. The molecule has 4 nitrogen and oxygen atoms in total. The van der Waals surface area contributed by atoms with Gasteiger partial charge in [-0.15, -0.1) is 0 Å². The molecule has 0 bridgehead atoms. The summed E-state index contributed by atoms with van der Waals surface area (Å²) >= 11 is 0. The number of para-hydroxylation sites is 1. The van der Waals surface area contributed by atoms with E-state index in [1.165, 1.54) is 0 Å². The molecule has 25 heavy (non-hydrogen) atoms. The van der Waals surface area contributed by atoms with Crippen molar-refractivity contribution in [1.82, 2.24) is 9.78 Å². The molecule has 1 unspecified atom stereocenters. The van der Waals surface area contributed by atoms with Crippen LogP contribution in [0.15, 0.2) is 60.7 Å². The molecule has 4 heteroatoms. The lowest BCUT2D eigenvalue weighted by Gasteiger charge is -2.17. The number of nitrogens with two attached hydrogens (primary N) is 1. The third-order valence-corrected chi connectivity index (χ3v) is 4.36. The molecule has 130 valence electrons. The van der Waals surface area contributed by atoms with Gasteiger partial charge in [0.2, 0.25) is 0 Å². The Kier molecular flexibility index (Phi) is 5.19. The first-order valence-corrected chi connectivity index (χ1v) is 8.65. The van der Waals surface area contributed by atoms with E-state index in [1.54, 1.807) is 0 Å². The molecule has 3 rings (SSSR count). The van der Waals surface area contributed by atoms with Crippen molar-refractivity contribution in [2.75, 3.05) is 6.54 Å². The highest BCUT2D eigenvalue weighted by atomic mass is 16.5. The maximum Gasteiger partial charge on any atom is 0.127 e. The van der Waals surface area contributed by atoms with E-state index >= 15 is 0 Å². The second-order valence-electron chi connectivity index (χ2n) is 6.55. The van der Waals surface area contributed by atoms with Crippen LogP contribution in [-0.4, -0.2) is 16.3 Å². The van der Waals surface area contributed by atoms with Crippen LogP contribution >= 0.6 is 0 Å². The molecular weight excluding hydrogens is 310 g/mol. The average Bonchev–Trinajstić information content (AvgIpc) is 2.99. The van der Waals surface area contributed by atoms with E-state index in [0.29, 0.717) is 12.5 Å².